The monoisotopic (exact) mass is 206 g/mol. The summed E-state index contributed by atoms with van der Waals surface area (Å²) in [5.74, 6) is -4.36. The van der Waals surface area contributed by atoms with Crippen molar-refractivity contribution in [3.63, 3.8) is 0 Å². The van der Waals surface area contributed by atoms with Crippen LogP contribution in [0.25, 0.3) is 0 Å². The molecule has 14 heavy (non-hydrogen) atoms. The van der Waals surface area contributed by atoms with Crippen molar-refractivity contribution in [2.45, 2.75) is 32.0 Å². The molecular formula is C8H14O6. The molecule has 3 atom stereocenters. The lowest BCUT2D eigenvalue weighted by molar-refractivity contribution is -0.175. The van der Waals surface area contributed by atoms with E-state index in [1.165, 1.54) is 13.8 Å². The Morgan fingerprint density at radius 3 is 2.00 bits per heavy atom. The van der Waals surface area contributed by atoms with E-state index in [-0.39, 0.29) is 6.42 Å². The molecule has 0 saturated heterocycles. The second kappa shape index (κ2) is 4.39. The van der Waals surface area contributed by atoms with Gasteiger partial charge in [-0.2, -0.15) is 0 Å². The van der Waals surface area contributed by atoms with Gasteiger partial charge in [0.2, 0.25) is 0 Å². The van der Waals surface area contributed by atoms with Crippen LogP contribution in [0.15, 0.2) is 0 Å². The molecule has 0 aliphatic carbocycles. The lowest BCUT2D eigenvalue weighted by Crippen LogP contribution is -2.50. The number of aliphatic hydroxyl groups excluding tert-OH is 1. The quantitative estimate of drug-likeness (QED) is 0.472. The van der Waals surface area contributed by atoms with Crippen molar-refractivity contribution in [1.82, 2.24) is 0 Å². The predicted octanol–water partition coefficient (Wildman–Crippen LogP) is -0.706. The maximum absolute atomic E-state index is 10.7. The van der Waals surface area contributed by atoms with Gasteiger partial charge in [0, 0.05) is 5.92 Å². The van der Waals surface area contributed by atoms with Crippen LogP contribution >= 0.6 is 0 Å². The van der Waals surface area contributed by atoms with Crippen LogP contribution < -0.4 is 0 Å². The molecule has 3 unspecified atom stereocenters. The summed E-state index contributed by atoms with van der Waals surface area (Å²) >= 11 is 0. The zero-order valence-corrected chi connectivity index (χ0v) is 7.97. The van der Waals surface area contributed by atoms with Crippen molar-refractivity contribution in [2.75, 3.05) is 0 Å². The van der Waals surface area contributed by atoms with Crippen LogP contribution in [0, 0.1) is 5.92 Å². The highest BCUT2D eigenvalue weighted by Gasteiger charge is 2.45. The molecule has 4 N–H and O–H groups in total. The second-order valence-corrected chi connectivity index (χ2v) is 3.15. The average molecular weight is 206 g/mol. The van der Waals surface area contributed by atoms with E-state index < -0.39 is 29.6 Å². The van der Waals surface area contributed by atoms with Crippen LogP contribution in [0.3, 0.4) is 0 Å². The van der Waals surface area contributed by atoms with Crippen molar-refractivity contribution in [1.29, 1.82) is 0 Å². The molecule has 0 bridgehead atoms. The Labute approximate surface area is 80.8 Å². The lowest BCUT2D eigenvalue weighted by atomic mass is 9.82. The van der Waals surface area contributed by atoms with Crippen molar-refractivity contribution in [3.05, 3.63) is 0 Å². The Kier molecular flexibility index (Phi) is 4.03. The SMILES string of the molecule is CCC(O)(C(=O)O)C(C)C(O)C(=O)O. The first-order chi connectivity index (χ1) is 6.27. The summed E-state index contributed by atoms with van der Waals surface area (Å²) in [6.45, 7) is 2.58. The van der Waals surface area contributed by atoms with Gasteiger partial charge in [-0.3, -0.25) is 0 Å². The summed E-state index contributed by atoms with van der Waals surface area (Å²) in [4.78, 5) is 21.0. The topological polar surface area (TPSA) is 115 Å². The normalized spacial score (nSPS) is 19.4. The van der Waals surface area contributed by atoms with Crippen LogP contribution in [-0.2, 0) is 9.59 Å². The summed E-state index contributed by atoms with van der Waals surface area (Å²) in [7, 11) is 0. The van der Waals surface area contributed by atoms with E-state index in [1.807, 2.05) is 0 Å². The van der Waals surface area contributed by atoms with Crippen molar-refractivity contribution >= 4 is 11.9 Å². The highest BCUT2D eigenvalue weighted by atomic mass is 16.4. The molecule has 0 aromatic carbocycles. The van der Waals surface area contributed by atoms with Gasteiger partial charge in [-0.1, -0.05) is 13.8 Å². The highest BCUT2D eigenvalue weighted by Crippen LogP contribution is 2.24. The highest BCUT2D eigenvalue weighted by molar-refractivity contribution is 5.80. The number of rotatable bonds is 5. The number of aliphatic carboxylic acids is 2. The molecule has 0 aliphatic heterocycles. The van der Waals surface area contributed by atoms with Gasteiger partial charge in [0.25, 0.3) is 0 Å². The van der Waals surface area contributed by atoms with Gasteiger partial charge in [-0.05, 0) is 6.42 Å². The van der Waals surface area contributed by atoms with Crippen LogP contribution in [0.2, 0.25) is 0 Å². The van der Waals surface area contributed by atoms with Crippen LogP contribution in [0.4, 0.5) is 0 Å². The van der Waals surface area contributed by atoms with E-state index in [0.29, 0.717) is 0 Å². The summed E-state index contributed by atoms with van der Waals surface area (Å²) in [6.07, 6.45) is -2.07. The van der Waals surface area contributed by atoms with E-state index in [4.69, 9.17) is 15.3 Å². The van der Waals surface area contributed by atoms with Gasteiger partial charge in [-0.25, -0.2) is 9.59 Å². The van der Waals surface area contributed by atoms with Crippen LogP contribution in [-0.4, -0.2) is 44.1 Å². The molecule has 0 rings (SSSR count). The Balaban J connectivity index is 4.87. The van der Waals surface area contributed by atoms with Gasteiger partial charge in [0.1, 0.15) is 0 Å². The molecule has 0 saturated carbocycles. The number of carbonyl (C=O) groups is 2. The zero-order chi connectivity index (χ0) is 11.5. The van der Waals surface area contributed by atoms with E-state index in [9.17, 15) is 14.7 Å². The minimum absolute atomic E-state index is 0.173. The molecule has 0 aromatic heterocycles. The fraction of sp³-hybridized carbons (Fsp3) is 0.750. The second-order valence-electron chi connectivity index (χ2n) is 3.15. The Morgan fingerprint density at radius 1 is 1.36 bits per heavy atom. The Bertz CT molecular complexity index is 238. The van der Waals surface area contributed by atoms with Gasteiger partial charge in [-0.15, -0.1) is 0 Å². The standard InChI is InChI=1S/C8H14O6/c1-3-8(14,7(12)13)4(2)5(9)6(10)11/h4-5,9,14H,3H2,1-2H3,(H,10,11)(H,12,13). The summed E-state index contributed by atoms with van der Waals surface area (Å²) in [6, 6.07) is 0. The molecular weight excluding hydrogens is 192 g/mol. The summed E-state index contributed by atoms with van der Waals surface area (Å²) < 4.78 is 0. The summed E-state index contributed by atoms with van der Waals surface area (Å²) in [5, 5.41) is 35.8. The lowest BCUT2D eigenvalue weighted by Gasteiger charge is -2.30. The summed E-state index contributed by atoms with van der Waals surface area (Å²) in [5.41, 5.74) is -2.21. The molecule has 6 heteroatoms. The number of hydrogen-bond acceptors (Lipinski definition) is 4. The first kappa shape index (κ1) is 12.9. The minimum Gasteiger partial charge on any atom is -0.479 e. The number of carboxylic acid groups (broad SMARTS) is 2. The molecule has 6 nitrogen and oxygen atoms in total. The van der Waals surface area contributed by atoms with Crippen LogP contribution in [0.5, 0.6) is 0 Å². The van der Waals surface area contributed by atoms with Gasteiger partial charge < -0.3 is 20.4 Å². The van der Waals surface area contributed by atoms with Gasteiger partial charge in [0.05, 0.1) is 0 Å². The van der Waals surface area contributed by atoms with Gasteiger partial charge >= 0.3 is 11.9 Å². The van der Waals surface area contributed by atoms with Crippen molar-refractivity contribution in [3.8, 4) is 0 Å². The molecule has 0 amide bonds. The largest absolute Gasteiger partial charge is 0.479 e. The third-order valence-corrected chi connectivity index (χ3v) is 2.39. The van der Waals surface area contributed by atoms with E-state index in [1.54, 1.807) is 0 Å². The third kappa shape index (κ3) is 2.21. The maximum atomic E-state index is 10.7. The fourth-order valence-corrected chi connectivity index (χ4v) is 1.14. The minimum atomic E-state index is -2.21. The number of hydrogen-bond donors (Lipinski definition) is 4. The van der Waals surface area contributed by atoms with E-state index in [2.05, 4.69) is 0 Å². The zero-order valence-electron chi connectivity index (χ0n) is 7.97. The third-order valence-electron chi connectivity index (χ3n) is 2.39. The molecule has 0 fully saturated rings. The van der Waals surface area contributed by atoms with E-state index in [0.717, 1.165) is 0 Å². The van der Waals surface area contributed by atoms with Crippen LogP contribution in [0.1, 0.15) is 20.3 Å². The number of aliphatic hydroxyl groups is 2. The smallest absolute Gasteiger partial charge is 0.336 e. The molecule has 0 radical (unpaired) electrons. The number of carboxylic acids is 2. The molecule has 0 spiro atoms. The molecule has 0 heterocycles. The fourth-order valence-electron chi connectivity index (χ4n) is 1.14. The maximum Gasteiger partial charge on any atom is 0.336 e. The predicted molar refractivity (Wildman–Crippen MR) is 45.7 cm³/mol. The van der Waals surface area contributed by atoms with E-state index >= 15 is 0 Å². The average Bonchev–Trinajstić information content (AvgIpc) is 2.13. The first-order valence-electron chi connectivity index (χ1n) is 4.14. The van der Waals surface area contributed by atoms with Crippen molar-refractivity contribution in [2.24, 2.45) is 5.92 Å². The first-order valence-corrected chi connectivity index (χ1v) is 4.14. The molecule has 0 aromatic rings. The molecule has 82 valence electrons. The van der Waals surface area contributed by atoms with Crippen molar-refractivity contribution < 1.29 is 30.0 Å². The van der Waals surface area contributed by atoms with Gasteiger partial charge in [0.15, 0.2) is 11.7 Å². The Morgan fingerprint density at radius 2 is 1.79 bits per heavy atom. The molecule has 0 aliphatic rings. The Hall–Kier alpha value is -1.14.